The molecule has 1 aromatic heterocycles. The summed E-state index contributed by atoms with van der Waals surface area (Å²) in [7, 11) is 3.33. The molecule has 0 saturated carbocycles. The molecule has 1 aliphatic rings. The van der Waals surface area contributed by atoms with Crippen LogP contribution < -0.4 is 24.9 Å². The molecule has 1 fully saturated rings. The third kappa shape index (κ3) is 4.92. The fraction of sp³-hybridized carbons (Fsp3) is 0.400. The summed E-state index contributed by atoms with van der Waals surface area (Å²) in [5.74, 6) is 1.55. The fourth-order valence-corrected chi connectivity index (χ4v) is 4.50. The van der Waals surface area contributed by atoms with Crippen molar-refractivity contribution in [1.82, 2.24) is 0 Å². The van der Waals surface area contributed by atoms with Gasteiger partial charge in [-0.15, -0.1) is 0 Å². The molecule has 0 spiro atoms. The molecule has 2 aromatic carbocycles. The summed E-state index contributed by atoms with van der Waals surface area (Å²) in [6, 6.07) is 14.1. The number of fused-ring (bicyclic) bond motifs is 1. The number of aryl methyl sites for hydroxylation is 1. The van der Waals surface area contributed by atoms with Crippen LogP contribution in [-0.4, -0.2) is 40.4 Å². The first-order chi connectivity index (χ1) is 15.1. The van der Waals surface area contributed by atoms with Crippen molar-refractivity contribution in [3.63, 3.8) is 0 Å². The number of hydrogen-bond acceptors (Lipinski definition) is 4. The Labute approximate surface area is 183 Å². The van der Waals surface area contributed by atoms with Crippen molar-refractivity contribution in [2.24, 2.45) is 0 Å². The molecule has 164 valence electrons. The zero-order chi connectivity index (χ0) is 21.8. The Kier molecular flexibility index (Phi) is 6.59. The van der Waals surface area contributed by atoms with Gasteiger partial charge in [-0.05, 0) is 36.2 Å². The second-order valence-corrected chi connectivity index (χ2v) is 8.32. The van der Waals surface area contributed by atoms with Gasteiger partial charge in [0.2, 0.25) is 0 Å². The zero-order valence-corrected chi connectivity index (χ0v) is 18.6. The second kappa shape index (κ2) is 9.54. The Bertz CT molecular complexity index is 1100. The largest absolute Gasteiger partial charge is 0.493 e. The molecular weight excluding hydrogens is 392 g/mol. The predicted octanol–water partition coefficient (Wildman–Crippen LogP) is 0.856. The predicted molar refractivity (Wildman–Crippen MR) is 120 cm³/mol. The number of quaternary nitrogens is 2. The second-order valence-electron chi connectivity index (χ2n) is 8.32. The molecule has 0 atom stereocenters. The highest BCUT2D eigenvalue weighted by atomic mass is 16.5. The first-order valence-corrected chi connectivity index (χ1v) is 11.0. The Hall–Kier alpha value is -2.83. The molecule has 6 heteroatoms. The zero-order valence-electron chi connectivity index (χ0n) is 18.6. The van der Waals surface area contributed by atoms with Crippen molar-refractivity contribution >= 4 is 11.0 Å². The van der Waals surface area contributed by atoms with Crippen LogP contribution >= 0.6 is 0 Å². The minimum atomic E-state index is -0.257. The molecule has 6 nitrogen and oxygen atoms in total. The van der Waals surface area contributed by atoms with Crippen molar-refractivity contribution in [2.75, 3.05) is 40.4 Å². The van der Waals surface area contributed by atoms with Crippen molar-refractivity contribution in [2.45, 2.75) is 26.4 Å². The SMILES string of the molecule is CCc1ccc2c(C[NH+]3CC[NH+](Cc4ccc(OC)c(OC)c4)CC3)cc(=O)oc2c1. The molecule has 2 heterocycles. The van der Waals surface area contributed by atoms with E-state index in [4.69, 9.17) is 13.9 Å². The number of nitrogens with one attached hydrogen (secondary N) is 2. The smallest absolute Gasteiger partial charge is 0.336 e. The highest BCUT2D eigenvalue weighted by Gasteiger charge is 2.24. The van der Waals surface area contributed by atoms with E-state index in [2.05, 4.69) is 31.2 Å². The number of methoxy groups -OCH3 is 2. The van der Waals surface area contributed by atoms with Gasteiger partial charge in [-0.1, -0.05) is 19.1 Å². The lowest BCUT2D eigenvalue weighted by molar-refractivity contribution is -1.02. The van der Waals surface area contributed by atoms with Gasteiger partial charge in [0.05, 0.1) is 14.2 Å². The van der Waals surface area contributed by atoms with Crippen molar-refractivity contribution in [1.29, 1.82) is 0 Å². The maximum Gasteiger partial charge on any atom is 0.336 e. The monoisotopic (exact) mass is 424 g/mol. The molecule has 0 radical (unpaired) electrons. The lowest BCUT2D eigenvalue weighted by Crippen LogP contribution is -3.27. The van der Waals surface area contributed by atoms with Gasteiger partial charge in [-0.3, -0.25) is 0 Å². The Morgan fingerprint density at radius 3 is 2.19 bits per heavy atom. The third-order valence-electron chi connectivity index (χ3n) is 6.31. The van der Waals surface area contributed by atoms with Gasteiger partial charge in [0.1, 0.15) is 44.9 Å². The van der Waals surface area contributed by atoms with E-state index in [0.29, 0.717) is 5.58 Å². The van der Waals surface area contributed by atoms with Gasteiger partial charge in [-0.25, -0.2) is 4.79 Å². The molecule has 2 N–H and O–H groups in total. The molecule has 0 aliphatic carbocycles. The van der Waals surface area contributed by atoms with E-state index in [0.717, 1.165) is 68.1 Å². The maximum absolute atomic E-state index is 12.1. The van der Waals surface area contributed by atoms with E-state index in [1.807, 2.05) is 12.1 Å². The quantitative estimate of drug-likeness (QED) is 0.553. The highest BCUT2D eigenvalue weighted by Crippen LogP contribution is 2.27. The molecule has 0 unspecified atom stereocenters. The van der Waals surface area contributed by atoms with Crippen molar-refractivity contribution in [3.8, 4) is 11.5 Å². The Morgan fingerprint density at radius 1 is 0.839 bits per heavy atom. The summed E-state index contributed by atoms with van der Waals surface area (Å²) in [6.07, 6.45) is 0.930. The van der Waals surface area contributed by atoms with Gasteiger partial charge >= 0.3 is 5.63 Å². The summed E-state index contributed by atoms with van der Waals surface area (Å²) >= 11 is 0. The van der Waals surface area contributed by atoms with Gasteiger partial charge in [0, 0.05) is 22.6 Å². The minimum Gasteiger partial charge on any atom is -0.493 e. The molecular formula is C25H32N2O4+2. The van der Waals surface area contributed by atoms with E-state index in [-0.39, 0.29) is 5.63 Å². The van der Waals surface area contributed by atoms with Crippen molar-refractivity contribution in [3.05, 3.63) is 69.6 Å². The number of piperazine rings is 1. The van der Waals surface area contributed by atoms with Crippen LogP contribution in [0, 0.1) is 0 Å². The minimum absolute atomic E-state index is 0.257. The van der Waals surface area contributed by atoms with Gasteiger partial charge < -0.3 is 23.7 Å². The first kappa shape index (κ1) is 21.4. The van der Waals surface area contributed by atoms with Crippen LogP contribution in [0.1, 0.15) is 23.6 Å². The maximum atomic E-state index is 12.1. The van der Waals surface area contributed by atoms with Crippen LogP contribution in [0.3, 0.4) is 0 Å². The lowest BCUT2D eigenvalue weighted by Gasteiger charge is -2.30. The summed E-state index contributed by atoms with van der Waals surface area (Å²) in [5, 5.41) is 1.06. The van der Waals surface area contributed by atoms with Crippen LogP contribution in [0.4, 0.5) is 0 Å². The van der Waals surface area contributed by atoms with Gasteiger partial charge in [-0.2, -0.15) is 0 Å². The van der Waals surface area contributed by atoms with E-state index in [1.165, 1.54) is 16.0 Å². The van der Waals surface area contributed by atoms with E-state index in [1.54, 1.807) is 25.2 Å². The van der Waals surface area contributed by atoms with E-state index >= 15 is 0 Å². The van der Waals surface area contributed by atoms with Gasteiger partial charge in [0.15, 0.2) is 11.5 Å². The number of hydrogen-bond donors (Lipinski definition) is 2. The number of ether oxygens (including phenoxy) is 2. The van der Waals surface area contributed by atoms with E-state index < -0.39 is 0 Å². The van der Waals surface area contributed by atoms with Crippen molar-refractivity contribution < 1.29 is 23.7 Å². The fourth-order valence-electron chi connectivity index (χ4n) is 4.50. The average Bonchev–Trinajstić information content (AvgIpc) is 2.79. The topological polar surface area (TPSA) is 57.5 Å². The molecule has 1 aliphatic heterocycles. The molecule has 1 saturated heterocycles. The van der Waals surface area contributed by atoms with Crippen LogP contribution in [-0.2, 0) is 19.5 Å². The normalized spacial score (nSPS) is 18.8. The standard InChI is InChI=1S/C25H30N2O4/c1-4-18-5-7-21-20(15-25(28)31-23(21)13-18)17-27-11-9-26(10-12-27)16-19-6-8-22(29-2)24(14-19)30-3/h5-8,13-15H,4,9-12,16-17H2,1-3H3/p+2. The number of rotatable bonds is 7. The van der Waals surface area contributed by atoms with Crippen LogP contribution in [0.2, 0.25) is 0 Å². The summed E-state index contributed by atoms with van der Waals surface area (Å²) in [4.78, 5) is 15.2. The summed E-state index contributed by atoms with van der Waals surface area (Å²) in [6.45, 7) is 8.31. The third-order valence-corrected chi connectivity index (χ3v) is 6.31. The van der Waals surface area contributed by atoms with Gasteiger partial charge in [0.25, 0.3) is 0 Å². The molecule has 0 amide bonds. The average molecular weight is 425 g/mol. The molecule has 4 rings (SSSR count). The molecule has 3 aromatic rings. The summed E-state index contributed by atoms with van der Waals surface area (Å²) < 4.78 is 16.2. The Morgan fingerprint density at radius 2 is 1.52 bits per heavy atom. The van der Waals surface area contributed by atoms with Crippen LogP contribution in [0.5, 0.6) is 11.5 Å². The van der Waals surface area contributed by atoms with E-state index in [9.17, 15) is 4.79 Å². The Balaban J connectivity index is 1.40. The number of benzene rings is 2. The summed E-state index contributed by atoms with van der Waals surface area (Å²) in [5.41, 5.74) is 3.99. The first-order valence-electron chi connectivity index (χ1n) is 11.0. The molecule has 0 bridgehead atoms. The highest BCUT2D eigenvalue weighted by molar-refractivity contribution is 5.80. The molecule has 31 heavy (non-hydrogen) atoms. The van der Waals surface area contributed by atoms with Crippen LogP contribution in [0.15, 0.2) is 51.7 Å². The lowest BCUT2D eigenvalue weighted by atomic mass is 10.1. The van der Waals surface area contributed by atoms with Crippen LogP contribution in [0.25, 0.3) is 11.0 Å².